The summed E-state index contributed by atoms with van der Waals surface area (Å²) in [6.07, 6.45) is 2.04. The molecule has 0 saturated heterocycles. The maximum Gasteiger partial charge on any atom is 0.204 e. The molecule has 0 aliphatic heterocycles. The molecule has 4 aromatic rings. The first-order valence-electron chi connectivity index (χ1n) is 10.5. The van der Waals surface area contributed by atoms with E-state index in [9.17, 15) is 12.8 Å². The van der Waals surface area contributed by atoms with Gasteiger partial charge < -0.3 is 9.15 Å². The van der Waals surface area contributed by atoms with E-state index in [2.05, 4.69) is 20.2 Å². The zero-order valence-electron chi connectivity index (χ0n) is 19.1. The average molecular weight is 486 g/mol. The summed E-state index contributed by atoms with van der Waals surface area (Å²) in [6.45, 7) is 5.07. The van der Waals surface area contributed by atoms with Crippen LogP contribution >= 0.6 is 0 Å². The van der Waals surface area contributed by atoms with E-state index in [1.54, 1.807) is 49.6 Å². The van der Waals surface area contributed by atoms with Gasteiger partial charge in [0, 0.05) is 5.92 Å². The van der Waals surface area contributed by atoms with Gasteiger partial charge in [-0.3, -0.25) is 4.57 Å². The molecule has 34 heavy (non-hydrogen) atoms. The van der Waals surface area contributed by atoms with Crippen molar-refractivity contribution < 1.29 is 22.0 Å². The highest BCUT2D eigenvalue weighted by atomic mass is 32.2. The Labute approximate surface area is 196 Å². The molecule has 0 aliphatic carbocycles. The second-order valence-corrected chi connectivity index (χ2v) is 10.3. The van der Waals surface area contributed by atoms with Crippen molar-refractivity contribution in [3.8, 4) is 23.0 Å². The van der Waals surface area contributed by atoms with Crippen LogP contribution in [-0.2, 0) is 15.6 Å². The van der Waals surface area contributed by atoms with Crippen LogP contribution < -0.4 is 4.74 Å². The SMILES string of the molecule is COc1ccccc1-n1c(CS(=O)(=O)[C@@H](C)[C@H](C)c2ncc(F)cn2)nnc1-c1ccc(C)o1. The van der Waals surface area contributed by atoms with Gasteiger partial charge in [-0.15, -0.1) is 10.2 Å². The molecule has 0 bridgehead atoms. The third kappa shape index (κ3) is 4.56. The van der Waals surface area contributed by atoms with Gasteiger partial charge in [0.25, 0.3) is 0 Å². The first kappa shape index (κ1) is 23.6. The standard InChI is InChI=1S/C23H24FN5O4S/c1-14-9-10-20(33-14)23-28-27-21(29(23)18-7-5-6-8-19(18)32-4)13-34(30,31)16(3)15(2)22-25-11-17(24)12-26-22/h5-12,15-16H,13H2,1-4H3/t15-,16-/m0/s1. The maximum atomic E-state index is 13.4. The van der Waals surface area contributed by atoms with E-state index in [0.29, 0.717) is 28.8 Å². The number of sulfone groups is 1. The zero-order chi connectivity index (χ0) is 24.5. The lowest BCUT2D eigenvalue weighted by molar-refractivity contribution is 0.412. The van der Waals surface area contributed by atoms with Crippen LogP contribution in [0.2, 0.25) is 0 Å². The van der Waals surface area contributed by atoms with Crippen molar-refractivity contribution in [2.45, 2.75) is 37.7 Å². The third-order valence-corrected chi connectivity index (χ3v) is 7.87. The number of ether oxygens (including phenoxy) is 1. The van der Waals surface area contributed by atoms with E-state index in [1.165, 1.54) is 7.11 Å². The Bertz CT molecular complexity index is 1400. The van der Waals surface area contributed by atoms with E-state index < -0.39 is 32.6 Å². The number of aromatic nitrogens is 5. The van der Waals surface area contributed by atoms with Crippen molar-refractivity contribution in [1.29, 1.82) is 0 Å². The molecule has 2 atom stereocenters. The van der Waals surface area contributed by atoms with Gasteiger partial charge in [-0.05, 0) is 38.1 Å². The lowest BCUT2D eigenvalue weighted by Gasteiger charge is -2.19. The summed E-state index contributed by atoms with van der Waals surface area (Å²) in [5, 5.41) is 7.58. The second-order valence-electron chi connectivity index (χ2n) is 7.92. The van der Waals surface area contributed by atoms with Crippen LogP contribution in [0.4, 0.5) is 4.39 Å². The van der Waals surface area contributed by atoms with Gasteiger partial charge in [-0.2, -0.15) is 0 Å². The summed E-state index contributed by atoms with van der Waals surface area (Å²) in [7, 11) is -2.22. The molecule has 11 heteroatoms. The van der Waals surface area contributed by atoms with E-state index in [0.717, 1.165) is 12.4 Å². The highest BCUT2D eigenvalue weighted by molar-refractivity contribution is 7.91. The van der Waals surface area contributed by atoms with Crippen molar-refractivity contribution in [2.75, 3.05) is 7.11 Å². The number of benzene rings is 1. The summed E-state index contributed by atoms with van der Waals surface area (Å²) < 4.78 is 52.9. The molecule has 178 valence electrons. The van der Waals surface area contributed by atoms with Crippen LogP contribution in [0.25, 0.3) is 17.3 Å². The Kier molecular flexibility index (Phi) is 6.47. The predicted octanol–water partition coefficient (Wildman–Crippen LogP) is 3.88. The van der Waals surface area contributed by atoms with Gasteiger partial charge >= 0.3 is 0 Å². The topological polar surface area (TPSA) is 113 Å². The summed E-state index contributed by atoms with van der Waals surface area (Å²) >= 11 is 0. The van der Waals surface area contributed by atoms with E-state index in [-0.39, 0.29) is 11.6 Å². The molecule has 0 spiro atoms. The number of hydrogen-bond acceptors (Lipinski definition) is 8. The fourth-order valence-corrected chi connectivity index (χ4v) is 5.14. The van der Waals surface area contributed by atoms with Crippen LogP contribution in [0.15, 0.2) is 53.2 Å². The van der Waals surface area contributed by atoms with Crippen LogP contribution in [0.1, 0.15) is 37.2 Å². The van der Waals surface area contributed by atoms with Crippen molar-refractivity contribution in [2.24, 2.45) is 0 Å². The predicted molar refractivity (Wildman–Crippen MR) is 123 cm³/mol. The third-order valence-electron chi connectivity index (χ3n) is 5.67. The van der Waals surface area contributed by atoms with Gasteiger partial charge in [-0.1, -0.05) is 19.1 Å². The smallest absolute Gasteiger partial charge is 0.204 e. The largest absolute Gasteiger partial charge is 0.495 e. The number of hydrogen-bond donors (Lipinski definition) is 0. The fourth-order valence-electron chi connectivity index (χ4n) is 3.58. The molecule has 0 saturated carbocycles. The van der Waals surface area contributed by atoms with E-state index >= 15 is 0 Å². The maximum absolute atomic E-state index is 13.4. The van der Waals surface area contributed by atoms with Crippen LogP contribution in [-0.4, -0.2) is 45.5 Å². The highest BCUT2D eigenvalue weighted by Gasteiger charge is 2.32. The number of aryl methyl sites for hydroxylation is 1. The van der Waals surface area contributed by atoms with Gasteiger partial charge in [-0.25, -0.2) is 22.8 Å². The number of furan rings is 1. The Balaban J connectivity index is 1.75. The number of halogens is 1. The van der Waals surface area contributed by atoms with Gasteiger partial charge in [0.05, 0.1) is 30.4 Å². The lowest BCUT2D eigenvalue weighted by Crippen LogP contribution is -2.27. The minimum Gasteiger partial charge on any atom is -0.495 e. The molecule has 9 nitrogen and oxygen atoms in total. The first-order chi connectivity index (χ1) is 16.2. The lowest BCUT2D eigenvalue weighted by atomic mass is 10.1. The zero-order valence-corrected chi connectivity index (χ0v) is 20.0. The molecule has 3 aromatic heterocycles. The fraction of sp³-hybridized carbons (Fsp3) is 0.304. The molecule has 0 amide bonds. The molecule has 3 heterocycles. The second kappa shape index (κ2) is 9.34. The summed E-state index contributed by atoms with van der Waals surface area (Å²) in [4.78, 5) is 7.88. The molecule has 1 aromatic carbocycles. The minimum atomic E-state index is -3.75. The number of nitrogens with zero attached hydrogens (tertiary/aromatic N) is 5. The molecule has 0 fully saturated rings. The average Bonchev–Trinajstić information content (AvgIpc) is 3.44. The summed E-state index contributed by atoms with van der Waals surface area (Å²) in [5.74, 6) is 0.892. The van der Waals surface area contributed by atoms with Gasteiger partial charge in [0.2, 0.25) is 5.82 Å². The Hall–Kier alpha value is -3.60. The monoisotopic (exact) mass is 485 g/mol. The Morgan fingerprint density at radius 2 is 1.79 bits per heavy atom. The molecule has 4 rings (SSSR count). The van der Waals surface area contributed by atoms with Crippen LogP contribution in [0.5, 0.6) is 5.75 Å². The number of para-hydroxylation sites is 2. The van der Waals surface area contributed by atoms with Crippen molar-refractivity contribution in [1.82, 2.24) is 24.7 Å². The molecule has 0 aliphatic rings. The van der Waals surface area contributed by atoms with Crippen molar-refractivity contribution in [3.63, 3.8) is 0 Å². The Morgan fingerprint density at radius 3 is 2.44 bits per heavy atom. The van der Waals surface area contributed by atoms with Crippen LogP contribution in [0, 0.1) is 12.7 Å². The quantitative estimate of drug-likeness (QED) is 0.369. The molecule has 0 N–H and O–H groups in total. The summed E-state index contributed by atoms with van der Waals surface area (Å²) in [5.41, 5.74) is 0.576. The van der Waals surface area contributed by atoms with Crippen molar-refractivity contribution in [3.05, 3.63) is 72.0 Å². The number of methoxy groups -OCH3 is 1. The molecule has 0 unspecified atom stereocenters. The van der Waals surface area contributed by atoms with Gasteiger partial charge in [0.1, 0.15) is 23.1 Å². The summed E-state index contributed by atoms with van der Waals surface area (Å²) in [6, 6.07) is 10.7. The normalized spacial score (nSPS) is 13.6. The van der Waals surface area contributed by atoms with Crippen molar-refractivity contribution >= 4 is 9.84 Å². The van der Waals surface area contributed by atoms with Gasteiger partial charge in [0.15, 0.2) is 27.2 Å². The molecular formula is C23H24FN5O4S. The van der Waals surface area contributed by atoms with E-state index in [1.807, 2.05) is 12.1 Å². The highest BCUT2D eigenvalue weighted by Crippen LogP contribution is 2.31. The Morgan fingerprint density at radius 1 is 1.09 bits per heavy atom. The first-order valence-corrected chi connectivity index (χ1v) is 12.3. The molecular weight excluding hydrogens is 461 g/mol. The number of rotatable bonds is 8. The van der Waals surface area contributed by atoms with E-state index in [4.69, 9.17) is 9.15 Å². The van der Waals surface area contributed by atoms with Crippen LogP contribution in [0.3, 0.4) is 0 Å². The minimum absolute atomic E-state index is 0.202. The molecule has 0 radical (unpaired) electrons.